The van der Waals surface area contributed by atoms with Gasteiger partial charge in [0.05, 0.1) is 0 Å². The van der Waals surface area contributed by atoms with Gasteiger partial charge in [-0.3, -0.25) is 0 Å². The molecule has 0 aromatic rings. The van der Waals surface area contributed by atoms with Crippen LogP contribution in [0.3, 0.4) is 0 Å². The molecule has 0 aromatic heterocycles. The first-order valence-corrected chi connectivity index (χ1v) is 8.12. The third kappa shape index (κ3) is 23.2. The van der Waals surface area contributed by atoms with Gasteiger partial charge in [0, 0.05) is 29.9 Å². The predicted octanol–water partition coefficient (Wildman–Crippen LogP) is 0.944. The van der Waals surface area contributed by atoms with Crippen LogP contribution in [0.5, 0.6) is 0 Å². The van der Waals surface area contributed by atoms with Crippen molar-refractivity contribution in [2.75, 3.05) is 24.7 Å². The molecule has 0 aliphatic rings. The second-order valence-electron chi connectivity index (χ2n) is 2.32. The highest BCUT2D eigenvalue weighted by Crippen LogP contribution is 2.15. The van der Waals surface area contributed by atoms with E-state index in [2.05, 4.69) is 15.9 Å². The second-order valence-corrected chi connectivity index (χ2v) is 7.92. The van der Waals surface area contributed by atoms with Crippen LogP contribution < -0.4 is 11.5 Å². The van der Waals surface area contributed by atoms with Crippen molar-refractivity contribution in [1.82, 2.24) is 0 Å². The normalized spacial score (nSPS) is 12.1. The first-order valence-electron chi connectivity index (χ1n) is 3.71. The Labute approximate surface area is 109 Å². The molecule has 0 heterocycles. The van der Waals surface area contributed by atoms with Gasteiger partial charge < -0.3 is 11.5 Å². The average Bonchev–Trinajstić information content (AvgIpc) is 2.02. The van der Waals surface area contributed by atoms with Gasteiger partial charge in [0.15, 0.2) is 8.87 Å². The maximum Gasteiger partial charge on any atom is 0.199 e. The van der Waals surface area contributed by atoms with Crippen molar-refractivity contribution in [2.45, 2.75) is 12.2 Å². The fraction of sp³-hybridized carbons (Fsp3) is 1.00. The maximum atomic E-state index is 10.5. The molecule has 1 atom stereocenters. The summed E-state index contributed by atoms with van der Waals surface area (Å²) in [4.78, 5) is 0. The quantitative estimate of drug-likeness (QED) is 0.565. The molecule has 0 radical (unpaired) electrons. The van der Waals surface area contributed by atoms with E-state index in [1.54, 1.807) is 6.92 Å². The Hall–Kier alpha value is 1.18. The van der Waals surface area contributed by atoms with Crippen molar-refractivity contribution in [3.8, 4) is 0 Å². The fourth-order valence-corrected chi connectivity index (χ4v) is 3.04. The molecule has 0 bridgehead atoms. The van der Waals surface area contributed by atoms with Crippen LogP contribution >= 0.6 is 43.7 Å². The van der Waals surface area contributed by atoms with Gasteiger partial charge in [-0.1, -0.05) is 22.9 Å². The molecule has 8 heteroatoms. The molecule has 14 heavy (non-hydrogen) atoms. The standard InChI is InChI=1S/C4H11NO2S2.C2H6BrN.BrH/c1-4(3-5)8-9(2,6)7;3-1-2-4;/h4H,3,5H2,1-2H3;1-2,4H2;1H. The largest absolute Gasteiger partial charge is 0.330 e. The lowest BCUT2D eigenvalue weighted by Gasteiger charge is -2.03. The van der Waals surface area contributed by atoms with Crippen LogP contribution in [0.2, 0.25) is 0 Å². The Morgan fingerprint density at radius 2 is 1.79 bits per heavy atom. The summed E-state index contributed by atoms with van der Waals surface area (Å²) in [5.74, 6) is 0. The third-order valence-corrected chi connectivity index (χ3v) is 4.14. The highest BCUT2D eigenvalue weighted by molar-refractivity contribution is 9.09. The number of alkyl halides is 1. The van der Waals surface area contributed by atoms with Crippen molar-refractivity contribution < 1.29 is 8.42 Å². The van der Waals surface area contributed by atoms with Gasteiger partial charge in [-0.05, 0) is 10.8 Å². The number of halogens is 2. The molecule has 0 aliphatic heterocycles. The first kappa shape index (κ1) is 20.6. The minimum absolute atomic E-state index is 0. The van der Waals surface area contributed by atoms with Gasteiger partial charge in [-0.2, -0.15) is 0 Å². The number of nitrogens with two attached hydrogens (primary N) is 2. The minimum atomic E-state index is -2.90. The summed E-state index contributed by atoms with van der Waals surface area (Å²) in [6.07, 6.45) is 1.18. The summed E-state index contributed by atoms with van der Waals surface area (Å²) in [6.45, 7) is 2.92. The van der Waals surface area contributed by atoms with E-state index >= 15 is 0 Å². The minimum Gasteiger partial charge on any atom is -0.330 e. The number of hydrogen-bond acceptors (Lipinski definition) is 5. The average molecular weight is 374 g/mol. The van der Waals surface area contributed by atoms with Crippen molar-refractivity contribution >= 4 is 52.6 Å². The molecule has 4 nitrogen and oxygen atoms in total. The Bertz CT molecular complexity index is 198. The zero-order chi connectivity index (χ0) is 10.9. The first-order chi connectivity index (χ1) is 5.87. The van der Waals surface area contributed by atoms with E-state index in [9.17, 15) is 8.42 Å². The Balaban J connectivity index is -0.000000209. The highest BCUT2D eigenvalue weighted by atomic mass is 79.9. The lowest BCUT2D eigenvalue weighted by molar-refractivity contribution is 0.615. The van der Waals surface area contributed by atoms with Crippen LogP contribution in [-0.2, 0) is 8.87 Å². The van der Waals surface area contributed by atoms with E-state index < -0.39 is 8.87 Å². The van der Waals surface area contributed by atoms with Crippen molar-refractivity contribution in [2.24, 2.45) is 11.5 Å². The fourth-order valence-electron chi connectivity index (χ4n) is 0.338. The molecule has 0 aromatic carbocycles. The van der Waals surface area contributed by atoms with Crippen molar-refractivity contribution in [3.63, 3.8) is 0 Å². The molecular formula is C6H18Br2N2O2S2. The summed E-state index contributed by atoms with van der Waals surface area (Å²) < 4.78 is 21.0. The molecule has 4 N–H and O–H groups in total. The van der Waals surface area contributed by atoms with Gasteiger partial charge in [-0.15, -0.1) is 17.0 Å². The SMILES string of the molecule is Br.CC(CN)SS(C)(=O)=O.NCCBr. The van der Waals surface area contributed by atoms with E-state index in [4.69, 9.17) is 11.5 Å². The number of hydrogen-bond donors (Lipinski definition) is 2. The van der Waals surface area contributed by atoms with Crippen LogP contribution in [0, 0.1) is 0 Å². The van der Waals surface area contributed by atoms with E-state index in [1.165, 1.54) is 6.26 Å². The monoisotopic (exact) mass is 372 g/mol. The topological polar surface area (TPSA) is 86.2 Å². The van der Waals surface area contributed by atoms with Crippen LogP contribution in [0.25, 0.3) is 0 Å². The molecule has 0 aliphatic carbocycles. The van der Waals surface area contributed by atoms with Gasteiger partial charge in [0.1, 0.15) is 0 Å². The van der Waals surface area contributed by atoms with E-state index in [0.717, 1.165) is 22.7 Å². The van der Waals surface area contributed by atoms with Crippen LogP contribution in [0.4, 0.5) is 0 Å². The highest BCUT2D eigenvalue weighted by Gasteiger charge is 2.08. The Morgan fingerprint density at radius 1 is 1.43 bits per heavy atom. The molecule has 0 fully saturated rings. The predicted molar refractivity (Wildman–Crippen MR) is 74.1 cm³/mol. The van der Waals surface area contributed by atoms with Gasteiger partial charge in [-0.25, -0.2) is 8.42 Å². The van der Waals surface area contributed by atoms with Crippen LogP contribution in [0.1, 0.15) is 6.92 Å². The smallest absolute Gasteiger partial charge is 0.199 e. The number of rotatable bonds is 4. The summed E-state index contributed by atoms with van der Waals surface area (Å²) in [7, 11) is -1.99. The van der Waals surface area contributed by atoms with Crippen molar-refractivity contribution in [3.05, 3.63) is 0 Å². The molecule has 0 amide bonds. The lowest BCUT2D eigenvalue weighted by Crippen LogP contribution is -2.14. The zero-order valence-electron chi connectivity index (χ0n) is 8.27. The molecule has 0 spiro atoms. The van der Waals surface area contributed by atoms with Crippen LogP contribution in [-0.4, -0.2) is 38.3 Å². The summed E-state index contributed by atoms with van der Waals surface area (Å²) >= 11 is 3.12. The Morgan fingerprint density at radius 3 is 1.86 bits per heavy atom. The molecule has 90 valence electrons. The molecule has 1 unspecified atom stereocenters. The maximum absolute atomic E-state index is 10.5. The third-order valence-electron chi connectivity index (χ3n) is 0.780. The van der Waals surface area contributed by atoms with E-state index in [1.807, 2.05) is 0 Å². The summed E-state index contributed by atoms with van der Waals surface area (Å²) in [6, 6.07) is 0. The van der Waals surface area contributed by atoms with Gasteiger partial charge in [0.25, 0.3) is 0 Å². The summed E-state index contributed by atoms with van der Waals surface area (Å²) in [5, 5.41) is 0.910. The molecule has 0 rings (SSSR count). The van der Waals surface area contributed by atoms with Gasteiger partial charge in [0.2, 0.25) is 0 Å². The molecule has 0 saturated heterocycles. The molecular weight excluding hydrogens is 356 g/mol. The summed E-state index contributed by atoms with van der Waals surface area (Å²) in [5.41, 5.74) is 10.2. The molecule has 0 saturated carbocycles. The van der Waals surface area contributed by atoms with Crippen molar-refractivity contribution in [1.29, 1.82) is 0 Å². The lowest BCUT2D eigenvalue weighted by atomic mass is 10.5. The van der Waals surface area contributed by atoms with E-state index in [-0.39, 0.29) is 22.2 Å². The second kappa shape index (κ2) is 12.3. The Kier molecular flexibility index (Phi) is 18.0. The van der Waals surface area contributed by atoms with Crippen LogP contribution in [0.15, 0.2) is 0 Å². The van der Waals surface area contributed by atoms with Gasteiger partial charge >= 0.3 is 0 Å². The van der Waals surface area contributed by atoms with E-state index in [0.29, 0.717) is 6.54 Å². The zero-order valence-corrected chi connectivity index (χ0v) is 13.2.